The van der Waals surface area contributed by atoms with Gasteiger partial charge in [-0.15, -0.1) is 0 Å². The number of hydrogen-bond donors (Lipinski definition) is 1. The van der Waals surface area contributed by atoms with Crippen LogP contribution in [-0.4, -0.2) is 48.1 Å². The van der Waals surface area contributed by atoms with E-state index in [-0.39, 0.29) is 0 Å². The van der Waals surface area contributed by atoms with E-state index < -0.39 is 0 Å². The number of aromatic nitrogens is 2. The molecule has 1 aromatic heterocycles. The lowest BCUT2D eigenvalue weighted by molar-refractivity contribution is 0.425. The van der Waals surface area contributed by atoms with E-state index in [1.54, 1.807) is 0 Å². The van der Waals surface area contributed by atoms with Crippen LogP contribution in [0.1, 0.15) is 30.7 Å². The van der Waals surface area contributed by atoms with Gasteiger partial charge in [0.05, 0.1) is 0 Å². The normalized spacial score (nSPS) is 16.8. The van der Waals surface area contributed by atoms with Crippen LogP contribution >= 0.6 is 0 Å². The van der Waals surface area contributed by atoms with Crippen LogP contribution in [-0.2, 0) is 19.4 Å². The van der Waals surface area contributed by atoms with Crippen LogP contribution in [0.5, 0.6) is 0 Å². The SMILES string of the molecule is CCc1cc(N2Cc3ccccc3C[C@@H]2C)nc(NCCN(C)C)n1. The van der Waals surface area contributed by atoms with Crippen molar-refractivity contribution in [2.75, 3.05) is 37.4 Å². The number of nitrogens with zero attached hydrogens (tertiary/aromatic N) is 4. The van der Waals surface area contributed by atoms with Gasteiger partial charge in [-0.25, -0.2) is 4.98 Å². The summed E-state index contributed by atoms with van der Waals surface area (Å²) in [7, 11) is 4.15. The Hall–Kier alpha value is -2.14. The summed E-state index contributed by atoms with van der Waals surface area (Å²) < 4.78 is 0. The fourth-order valence-corrected chi connectivity index (χ4v) is 3.27. The Morgan fingerprint density at radius 1 is 1.20 bits per heavy atom. The third kappa shape index (κ3) is 4.28. The average molecular weight is 339 g/mol. The molecule has 1 aromatic carbocycles. The van der Waals surface area contributed by atoms with Crippen molar-refractivity contribution in [2.24, 2.45) is 0 Å². The number of aryl methyl sites for hydroxylation is 1. The molecular formula is C20H29N5. The lowest BCUT2D eigenvalue weighted by Crippen LogP contribution is -2.39. The Kier molecular flexibility index (Phi) is 5.53. The molecule has 5 heteroatoms. The van der Waals surface area contributed by atoms with Gasteiger partial charge in [0, 0.05) is 37.4 Å². The molecule has 1 N–H and O–H groups in total. The van der Waals surface area contributed by atoms with Crippen molar-refractivity contribution in [1.82, 2.24) is 14.9 Å². The van der Waals surface area contributed by atoms with Gasteiger partial charge in [-0.3, -0.25) is 0 Å². The smallest absolute Gasteiger partial charge is 0.224 e. The van der Waals surface area contributed by atoms with E-state index >= 15 is 0 Å². The minimum absolute atomic E-state index is 0.434. The van der Waals surface area contributed by atoms with Gasteiger partial charge in [-0.2, -0.15) is 4.98 Å². The molecule has 0 unspecified atom stereocenters. The summed E-state index contributed by atoms with van der Waals surface area (Å²) in [6.45, 7) is 7.14. The van der Waals surface area contributed by atoms with Crippen LogP contribution in [0, 0.1) is 0 Å². The number of hydrogen-bond acceptors (Lipinski definition) is 5. The molecule has 0 spiro atoms. The second-order valence-corrected chi connectivity index (χ2v) is 7.07. The topological polar surface area (TPSA) is 44.3 Å². The first kappa shape index (κ1) is 17.7. The Bertz CT molecular complexity index is 713. The van der Waals surface area contributed by atoms with Crippen LogP contribution in [0.25, 0.3) is 0 Å². The highest BCUT2D eigenvalue weighted by atomic mass is 15.3. The summed E-state index contributed by atoms with van der Waals surface area (Å²) in [5, 5.41) is 3.37. The number of anilines is 2. The first-order valence-electron chi connectivity index (χ1n) is 9.16. The molecule has 25 heavy (non-hydrogen) atoms. The molecule has 0 aliphatic carbocycles. The fourth-order valence-electron chi connectivity index (χ4n) is 3.27. The first-order chi connectivity index (χ1) is 12.1. The quantitative estimate of drug-likeness (QED) is 0.876. The van der Waals surface area contributed by atoms with E-state index in [0.717, 1.165) is 49.9 Å². The summed E-state index contributed by atoms with van der Waals surface area (Å²) in [4.78, 5) is 14.0. The molecule has 0 radical (unpaired) electrons. The zero-order chi connectivity index (χ0) is 17.8. The molecule has 1 aliphatic rings. The third-order valence-corrected chi connectivity index (χ3v) is 4.77. The van der Waals surface area contributed by atoms with Gasteiger partial charge in [0.15, 0.2) is 0 Å². The van der Waals surface area contributed by atoms with Crippen LogP contribution in [0.4, 0.5) is 11.8 Å². The molecule has 0 amide bonds. The maximum Gasteiger partial charge on any atom is 0.224 e. The Morgan fingerprint density at radius 2 is 1.96 bits per heavy atom. The van der Waals surface area contributed by atoms with Gasteiger partial charge in [-0.1, -0.05) is 31.2 Å². The highest BCUT2D eigenvalue weighted by Crippen LogP contribution is 2.28. The van der Waals surface area contributed by atoms with E-state index in [1.165, 1.54) is 11.1 Å². The molecule has 0 bridgehead atoms. The first-order valence-corrected chi connectivity index (χ1v) is 9.16. The summed E-state index contributed by atoms with van der Waals surface area (Å²) in [6.07, 6.45) is 1.97. The summed E-state index contributed by atoms with van der Waals surface area (Å²) in [5.41, 5.74) is 3.95. The summed E-state index contributed by atoms with van der Waals surface area (Å²) >= 11 is 0. The molecule has 2 aromatic rings. The van der Waals surface area contributed by atoms with Crippen molar-refractivity contribution in [3.8, 4) is 0 Å². The highest BCUT2D eigenvalue weighted by molar-refractivity contribution is 5.49. The van der Waals surface area contributed by atoms with Crippen LogP contribution < -0.4 is 10.2 Å². The number of nitrogens with one attached hydrogen (secondary N) is 1. The van der Waals surface area contributed by atoms with Crippen molar-refractivity contribution in [3.63, 3.8) is 0 Å². The molecule has 1 atom stereocenters. The lowest BCUT2D eigenvalue weighted by atomic mass is 9.95. The van der Waals surface area contributed by atoms with E-state index in [4.69, 9.17) is 4.98 Å². The number of likely N-dealkylation sites (N-methyl/N-ethyl adjacent to an activating group) is 1. The zero-order valence-electron chi connectivity index (χ0n) is 15.8. The Balaban J connectivity index is 1.83. The van der Waals surface area contributed by atoms with Gasteiger partial charge in [0.25, 0.3) is 0 Å². The fraction of sp³-hybridized carbons (Fsp3) is 0.500. The van der Waals surface area contributed by atoms with Gasteiger partial charge in [-0.05, 0) is 45.0 Å². The second-order valence-electron chi connectivity index (χ2n) is 7.07. The van der Waals surface area contributed by atoms with Gasteiger partial charge < -0.3 is 15.1 Å². The maximum atomic E-state index is 4.81. The lowest BCUT2D eigenvalue weighted by Gasteiger charge is -2.36. The second kappa shape index (κ2) is 7.83. The predicted molar refractivity (Wildman–Crippen MR) is 104 cm³/mol. The van der Waals surface area contributed by atoms with Crippen LogP contribution in [0.15, 0.2) is 30.3 Å². The number of fused-ring (bicyclic) bond motifs is 1. The molecular weight excluding hydrogens is 310 g/mol. The third-order valence-electron chi connectivity index (χ3n) is 4.77. The minimum Gasteiger partial charge on any atom is -0.353 e. The molecule has 0 fully saturated rings. The van der Waals surface area contributed by atoms with Crippen LogP contribution in [0.3, 0.4) is 0 Å². The predicted octanol–water partition coefficient (Wildman–Crippen LogP) is 2.96. The molecule has 0 saturated carbocycles. The van der Waals surface area contributed by atoms with E-state index in [1.807, 2.05) is 0 Å². The maximum absolute atomic E-state index is 4.81. The van der Waals surface area contributed by atoms with Crippen molar-refractivity contribution in [2.45, 2.75) is 39.3 Å². The molecule has 1 aliphatic heterocycles. The minimum atomic E-state index is 0.434. The molecule has 0 saturated heterocycles. The number of rotatable bonds is 6. The zero-order valence-corrected chi connectivity index (χ0v) is 15.8. The monoisotopic (exact) mass is 339 g/mol. The molecule has 134 valence electrons. The summed E-state index contributed by atoms with van der Waals surface area (Å²) in [6, 6.07) is 11.3. The molecule has 3 rings (SSSR count). The van der Waals surface area contributed by atoms with Crippen molar-refractivity contribution < 1.29 is 0 Å². The average Bonchev–Trinajstić information content (AvgIpc) is 2.60. The summed E-state index contributed by atoms with van der Waals surface area (Å²) in [5.74, 6) is 1.77. The van der Waals surface area contributed by atoms with Gasteiger partial charge in [0.1, 0.15) is 5.82 Å². The largest absolute Gasteiger partial charge is 0.353 e. The van der Waals surface area contributed by atoms with E-state index in [0.29, 0.717) is 6.04 Å². The highest BCUT2D eigenvalue weighted by Gasteiger charge is 2.24. The van der Waals surface area contributed by atoms with Crippen LogP contribution in [0.2, 0.25) is 0 Å². The molecule has 2 heterocycles. The van der Waals surface area contributed by atoms with Gasteiger partial charge >= 0.3 is 0 Å². The van der Waals surface area contributed by atoms with Crippen molar-refractivity contribution in [3.05, 3.63) is 47.2 Å². The van der Waals surface area contributed by atoms with Gasteiger partial charge in [0.2, 0.25) is 5.95 Å². The van der Waals surface area contributed by atoms with E-state index in [9.17, 15) is 0 Å². The Morgan fingerprint density at radius 3 is 2.68 bits per heavy atom. The molecule has 5 nitrogen and oxygen atoms in total. The standard InChI is InChI=1S/C20H29N5/c1-5-18-13-19(23-20(22-18)21-10-11-24(3)4)25-14-17-9-7-6-8-16(17)12-15(25)2/h6-9,13,15H,5,10-12,14H2,1-4H3,(H,21,22,23)/t15-/m0/s1. The Labute approximate surface area is 151 Å². The number of benzene rings is 1. The van der Waals surface area contributed by atoms with Crippen molar-refractivity contribution >= 4 is 11.8 Å². The van der Waals surface area contributed by atoms with E-state index in [2.05, 4.69) is 78.4 Å². The van der Waals surface area contributed by atoms with Crippen molar-refractivity contribution in [1.29, 1.82) is 0 Å².